The fourth-order valence-corrected chi connectivity index (χ4v) is 1.83. The predicted octanol–water partition coefficient (Wildman–Crippen LogP) is 1.49. The van der Waals surface area contributed by atoms with Crippen LogP contribution in [0.4, 0.5) is 11.5 Å². The normalized spacial score (nSPS) is 14.4. The van der Waals surface area contributed by atoms with Crippen LogP contribution in [0.25, 0.3) is 11.0 Å². The van der Waals surface area contributed by atoms with E-state index in [1.54, 1.807) is 0 Å². The number of aromatic nitrogens is 2. The summed E-state index contributed by atoms with van der Waals surface area (Å²) in [5, 5.41) is 9.82. The van der Waals surface area contributed by atoms with Gasteiger partial charge in [-0.05, 0) is 26.0 Å². The minimum Gasteiger partial charge on any atom is -0.294 e. The van der Waals surface area contributed by atoms with Crippen LogP contribution in [0.15, 0.2) is 24.3 Å². The number of hydrazine groups is 2. The van der Waals surface area contributed by atoms with E-state index in [4.69, 9.17) is 5.41 Å². The molecule has 0 spiro atoms. The van der Waals surface area contributed by atoms with E-state index >= 15 is 0 Å². The number of rotatable bonds is 1. The number of para-hydroxylation sites is 2. The van der Waals surface area contributed by atoms with E-state index in [2.05, 4.69) is 20.8 Å². The highest BCUT2D eigenvalue weighted by Gasteiger charge is 2.22. The second-order valence-corrected chi connectivity index (χ2v) is 4.47. The van der Waals surface area contributed by atoms with Crippen LogP contribution in [0, 0.1) is 5.41 Å². The van der Waals surface area contributed by atoms with E-state index in [-0.39, 0.29) is 11.5 Å². The molecule has 0 saturated heterocycles. The number of nitrogens with zero attached hydrogens (tertiary/aromatic N) is 3. The highest BCUT2D eigenvalue weighted by molar-refractivity contribution is 5.78. The number of nitrogens with one attached hydrogen (secondary N) is 3. The summed E-state index contributed by atoms with van der Waals surface area (Å²) in [6, 6.07) is 7.80. The van der Waals surface area contributed by atoms with Gasteiger partial charge in [0.05, 0.1) is 11.0 Å². The van der Waals surface area contributed by atoms with Crippen molar-refractivity contribution in [3.8, 4) is 0 Å². The first-order valence-corrected chi connectivity index (χ1v) is 5.83. The lowest BCUT2D eigenvalue weighted by Crippen LogP contribution is -2.37. The molecule has 0 atom stereocenters. The largest absolute Gasteiger partial charge is 0.294 e. The molecule has 0 saturated carbocycles. The van der Waals surface area contributed by atoms with E-state index < -0.39 is 0 Å². The van der Waals surface area contributed by atoms with Crippen LogP contribution in [0.3, 0.4) is 0 Å². The van der Waals surface area contributed by atoms with Crippen molar-refractivity contribution in [2.24, 2.45) is 0 Å². The van der Waals surface area contributed by atoms with Gasteiger partial charge >= 0.3 is 0 Å². The molecule has 3 N–H and O–H groups in total. The fraction of sp³-hybridized carbons (Fsp3) is 0.250. The number of hydrogen-bond acceptors (Lipinski definition) is 6. The molecule has 6 heteroatoms. The summed E-state index contributed by atoms with van der Waals surface area (Å²) in [4.78, 5) is 8.79. The van der Waals surface area contributed by atoms with Gasteiger partial charge in [-0.15, -0.1) is 5.12 Å². The van der Waals surface area contributed by atoms with Gasteiger partial charge in [0, 0.05) is 6.04 Å². The molecule has 1 aliphatic heterocycles. The average molecular weight is 242 g/mol. The van der Waals surface area contributed by atoms with Gasteiger partial charge < -0.3 is 0 Å². The Balaban J connectivity index is 2.22. The van der Waals surface area contributed by atoms with Gasteiger partial charge in [-0.2, -0.15) is 0 Å². The minimum atomic E-state index is 0.189. The maximum absolute atomic E-state index is 8.00. The van der Waals surface area contributed by atoms with Crippen LogP contribution in [-0.2, 0) is 0 Å². The first-order valence-electron chi connectivity index (χ1n) is 5.83. The Hall–Kier alpha value is -2.21. The summed E-state index contributed by atoms with van der Waals surface area (Å²) < 4.78 is 0. The van der Waals surface area contributed by atoms with Crippen molar-refractivity contribution in [3.05, 3.63) is 29.8 Å². The summed E-state index contributed by atoms with van der Waals surface area (Å²) in [6.07, 6.45) is 0. The molecule has 0 bridgehead atoms. The van der Waals surface area contributed by atoms with E-state index in [0.717, 1.165) is 11.0 Å². The second-order valence-electron chi connectivity index (χ2n) is 4.47. The number of hydrogen-bond donors (Lipinski definition) is 3. The number of fused-ring (bicyclic) bond motifs is 2. The van der Waals surface area contributed by atoms with Gasteiger partial charge in [-0.3, -0.25) is 16.3 Å². The van der Waals surface area contributed by atoms with Gasteiger partial charge in [0.1, 0.15) is 5.69 Å². The Bertz CT molecular complexity index is 666. The van der Waals surface area contributed by atoms with Crippen LogP contribution in [0.5, 0.6) is 0 Å². The summed E-state index contributed by atoms with van der Waals surface area (Å²) >= 11 is 0. The topological polar surface area (TPSA) is 76.9 Å². The zero-order valence-corrected chi connectivity index (χ0v) is 10.2. The maximum Gasteiger partial charge on any atom is 0.174 e. The molecule has 0 radical (unpaired) electrons. The fourth-order valence-electron chi connectivity index (χ4n) is 1.83. The first-order chi connectivity index (χ1) is 8.65. The standard InChI is InChI=1S/C12H14N6/c1-7(2)18-16-10-11(13)14-8-5-3-4-6-9(8)15-12(10)17-18/h3-7,13,16-17H,1-2H3. The molecule has 0 aliphatic carbocycles. The molecule has 1 aliphatic rings. The van der Waals surface area contributed by atoms with Crippen LogP contribution < -0.4 is 16.3 Å². The van der Waals surface area contributed by atoms with Gasteiger partial charge in [0.2, 0.25) is 0 Å². The van der Waals surface area contributed by atoms with Gasteiger partial charge in [0.15, 0.2) is 11.3 Å². The molecule has 18 heavy (non-hydrogen) atoms. The maximum atomic E-state index is 8.00. The third-order valence-electron chi connectivity index (χ3n) is 2.79. The predicted molar refractivity (Wildman–Crippen MR) is 69.6 cm³/mol. The van der Waals surface area contributed by atoms with Crippen LogP contribution >= 0.6 is 0 Å². The van der Waals surface area contributed by atoms with Crippen molar-refractivity contribution in [1.29, 1.82) is 5.41 Å². The van der Waals surface area contributed by atoms with Crippen molar-refractivity contribution in [1.82, 2.24) is 15.1 Å². The number of benzene rings is 1. The Morgan fingerprint density at radius 2 is 1.78 bits per heavy atom. The van der Waals surface area contributed by atoms with Crippen molar-refractivity contribution in [3.63, 3.8) is 0 Å². The van der Waals surface area contributed by atoms with Crippen LogP contribution in [0.1, 0.15) is 13.8 Å². The van der Waals surface area contributed by atoms with Crippen molar-refractivity contribution < 1.29 is 0 Å². The van der Waals surface area contributed by atoms with E-state index in [9.17, 15) is 0 Å². The SMILES string of the molecule is CC(C)N1Nc2nc3ccccc3nc(=N)c2N1. The molecule has 2 aromatic rings. The molecule has 6 nitrogen and oxygen atoms in total. The van der Waals surface area contributed by atoms with E-state index in [0.29, 0.717) is 11.5 Å². The van der Waals surface area contributed by atoms with Gasteiger partial charge in [0.25, 0.3) is 0 Å². The first kappa shape index (κ1) is 10.9. The zero-order valence-electron chi connectivity index (χ0n) is 10.2. The van der Waals surface area contributed by atoms with Crippen molar-refractivity contribution in [2.45, 2.75) is 19.9 Å². The molecule has 2 heterocycles. The van der Waals surface area contributed by atoms with Gasteiger partial charge in [-0.25, -0.2) is 9.97 Å². The van der Waals surface area contributed by atoms with Crippen LogP contribution in [-0.4, -0.2) is 21.1 Å². The monoisotopic (exact) mass is 242 g/mol. The summed E-state index contributed by atoms with van der Waals surface area (Å²) in [7, 11) is 0. The molecule has 1 aromatic carbocycles. The zero-order chi connectivity index (χ0) is 12.7. The molecular weight excluding hydrogens is 228 g/mol. The van der Waals surface area contributed by atoms with Gasteiger partial charge in [-0.1, -0.05) is 12.1 Å². The molecule has 1 aromatic heterocycles. The summed E-state index contributed by atoms with van der Waals surface area (Å²) in [6.45, 7) is 4.09. The Morgan fingerprint density at radius 1 is 1.11 bits per heavy atom. The van der Waals surface area contributed by atoms with Crippen LogP contribution in [0.2, 0.25) is 0 Å². The molecule has 92 valence electrons. The second kappa shape index (κ2) is 3.92. The lowest BCUT2D eigenvalue weighted by Gasteiger charge is -2.19. The molecule has 0 unspecified atom stereocenters. The Morgan fingerprint density at radius 3 is 2.44 bits per heavy atom. The van der Waals surface area contributed by atoms with E-state index in [1.807, 2.05) is 43.2 Å². The lowest BCUT2D eigenvalue weighted by molar-refractivity contribution is 0.336. The summed E-state index contributed by atoms with van der Waals surface area (Å²) in [5.41, 5.74) is 8.53. The summed E-state index contributed by atoms with van der Waals surface area (Å²) in [5.74, 6) is 0.641. The van der Waals surface area contributed by atoms with Crippen molar-refractivity contribution in [2.75, 3.05) is 10.9 Å². The van der Waals surface area contributed by atoms with E-state index in [1.165, 1.54) is 0 Å². The quantitative estimate of drug-likeness (QED) is 0.706. The third kappa shape index (κ3) is 1.67. The molecule has 3 rings (SSSR count). The van der Waals surface area contributed by atoms with Crippen molar-refractivity contribution >= 4 is 22.5 Å². The molecule has 0 fully saturated rings. The third-order valence-corrected chi connectivity index (χ3v) is 2.79. The molecular formula is C12H14N6. The minimum absolute atomic E-state index is 0.189. The number of anilines is 2. The average Bonchev–Trinajstić information content (AvgIpc) is 2.71. The Labute approximate surface area is 104 Å². The Kier molecular flexibility index (Phi) is 2.38. The highest BCUT2D eigenvalue weighted by atomic mass is 15.8. The lowest BCUT2D eigenvalue weighted by atomic mass is 10.3. The molecule has 0 amide bonds. The smallest absolute Gasteiger partial charge is 0.174 e. The highest BCUT2D eigenvalue weighted by Crippen LogP contribution is 2.23.